The Bertz CT molecular complexity index is 1040. The summed E-state index contributed by atoms with van der Waals surface area (Å²) in [5.74, 6) is -1.89. The van der Waals surface area contributed by atoms with Crippen LogP contribution in [0.25, 0.3) is 5.57 Å². The molecule has 2 amide bonds. The molecule has 204 valence electrons. The second-order valence-corrected chi connectivity index (χ2v) is 11.3. The van der Waals surface area contributed by atoms with Crippen molar-refractivity contribution in [3.63, 3.8) is 0 Å². The Morgan fingerprint density at radius 1 is 1.11 bits per heavy atom. The Kier molecular flexibility index (Phi) is 10.4. The third-order valence-electron chi connectivity index (χ3n) is 7.51. The van der Waals surface area contributed by atoms with Crippen molar-refractivity contribution >= 4 is 29.4 Å². The fraction of sp³-hybridized carbons (Fsp3) is 0.600. The number of allylic oxidation sites excluding steroid dienone is 2. The average molecular weight is 512 g/mol. The van der Waals surface area contributed by atoms with Crippen molar-refractivity contribution in [3.8, 4) is 0 Å². The van der Waals surface area contributed by atoms with Gasteiger partial charge in [-0.15, -0.1) is 0 Å². The van der Waals surface area contributed by atoms with Gasteiger partial charge in [0.1, 0.15) is 0 Å². The van der Waals surface area contributed by atoms with E-state index >= 15 is 0 Å². The quantitative estimate of drug-likeness (QED) is 0.459. The minimum absolute atomic E-state index is 0.148. The Morgan fingerprint density at radius 2 is 1.68 bits per heavy atom. The highest BCUT2D eigenvalue weighted by atomic mass is 16.3. The molecule has 0 aliphatic heterocycles. The highest BCUT2D eigenvalue weighted by Crippen LogP contribution is 2.39. The zero-order valence-electron chi connectivity index (χ0n) is 24.0. The van der Waals surface area contributed by atoms with Crippen molar-refractivity contribution in [2.45, 2.75) is 92.8 Å². The van der Waals surface area contributed by atoms with Crippen molar-refractivity contribution in [1.29, 1.82) is 0 Å². The lowest BCUT2D eigenvalue weighted by molar-refractivity contribution is -0.142. The minimum atomic E-state index is -0.729. The first-order chi connectivity index (χ1) is 17.2. The molecule has 1 aliphatic carbocycles. The summed E-state index contributed by atoms with van der Waals surface area (Å²) in [7, 11) is 1.77. The lowest BCUT2D eigenvalue weighted by Gasteiger charge is -2.35. The van der Waals surface area contributed by atoms with E-state index < -0.39 is 29.4 Å². The number of nitrogens with zero attached hydrogens (tertiary/aromatic N) is 2. The number of nitrogens with one attached hydrogen (secondary N) is 1. The van der Waals surface area contributed by atoms with Gasteiger partial charge in [0, 0.05) is 31.8 Å². The van der Waals surface area contributed by atoms with Gasteiger partial charge in [0.2, 0.25) is 11.8 Å². The maximum atomic E-state index is 13.8. The van der Waals surface area contributed by atoms with Crippen LogP contribution in [0.2, 0.25) is 0 Å². The highest BCUT2D eigenvalue weighted by molar-refractivity contribution is 5.95. The van der Waals surface area contributed by atoms with Gasteiger partial charge in [-0.2, -0.15) is 0 Å². The van der Waals surface area contributed by atoms with Gasteiger partial charge in [-0.25, -0.2) is 0 Å². The van der Waals surface area contributed by atoms with Gasteiger partial charge in [-0.3, -0.25) is 19.4 Å². The number of ketones is 1. The van der Waals surface area contributed by atoms with Crippen LogP contribution in [0.5, 0.6) is 0 Å². The third-order valence-corrected chi connectivity index (χ3v) is 7.51. The molecule has 0 radical (unpaired) electrons. The molecule has 37 heavy (non-hydrogen) atoms. The van der Waals surface area contributed by atoms with E-state index in [1.165, 1.54) is 6.92 Å². The number of carbonyl (C=O) groups excluding carboxylic acids is 3. The van der Waals surface area contributed by atoms with Crippen molar-refractivity contribution in [3.05, 3.63) is 41.1 Å². The standard InChI is InChI=1S/C30H45N3O4/c1-10-26(22-14-12-21(13-15-22)18(3)19(4)31-11-2)33(9)29(37)25-17-23(35)16-24(25)27(36)28(30(6,7)8)32-20(5)34/h11-15,23-26,28,35H,10,16-17H2,1-9H3,(H,32,34)/b19-18+,31-11?/t23-,24?,25+,26?,28?/m0/s1. The molecule has 0 spiro atoms. The van der Waals surface area contributed by atoms with E-state index in [4.69, 9.17) is 0 Å². The molecular formula is C30H45N3O4. The van der Waals surface area contributed by atoms with E-state index in [1.807, 2.05) is 72.7 Å². The Morgan fingerprint density at radius 3 is 2.16 bits per heavy atom. The first-order valence-corrected chi connectivity index (χ1v) is 13.2. The van der Waals surface area contributed by atoms with Gasteiger partial charge in [0.25, 0.3) is 0 Å². The normalized spacial score (nSPS) is 22.4. The van der Waals surface area contributed by atoms with Crippen LogP contribution in [-0.2, 0) is 14.4 Å². The summed E-state index contributed by atoms with van der Waals surface area (Å²) in [5.41, 5.74) is 3.62. The zero-order chi connectivity index (χ0) is 28.1. The molecule has 0 saturated heterocycles. The molecular weight excluding hydrogens is 466 g/mol. The summed E-state index contributed by atoms with van der Waals surface area (Å²) >= 11 is 0. The molecule has 1 saturated carbocycles. The van der Waals surface area contributed by atoms with Crippen LogP contribution in [-0.4, -0.2) is 53.0 Å². The summed E-state index contributed by atoms with van der Waals surface area (Å²) in [6, 6.07) is 7.28. The predicted molar refractivity (Wildman–Crippen MR) is 149 cm³/mol. The summed E-state index contributed by atoms with van der Waals surface area (Å²) in [6.07, 6.45) is 2.23. The van der Waals surface area contributed by atoms with Crippen LogP contribution in [0.4, 0.5) is 0 Å². The second kappa shape index (κ2) is 12.6. The smallest absolute Gasteiger partial charge is 0.226 e. The molecule has 3 unspecified atom stereocenters. The number of aliphatic hydroxyl groups is 1. The van der Waals surface area contributed by atoms with E-state index in [1.54, 1.807) is 18.2 Å². The van der Waals surface area contributed by atoms with Crippen LogP contribution in [0, 0.1) is 17.3 Å². The van der Waals surface area contributed by atoms with Gasteiger partial charge in [-0.1, -0.05) is 52.0 Å². The SMILES string of the molecule is CC=N/C(C)=C(\C)c1ccc(C(CC)N(C)C(=O)[C@@H]2C[C@@H](O)CC2C(=O)C(NC(C)=O)C(C)(C)C)cc1. The second-order valence-electron chi connectivity index (χ2n) is 11.3. The molecule has 1 fully saturated rings. The first-order valence-electron chi connectivity index (χ1n) is 13.2. The van der Waals surface area contributed by atoms with Crippen molar-refractivity contribution in [1.82, 2.24) is 10.2 Å². The number of aliphatic imine (C=N–C) groups is 1. The summed E-state index contributed by atoms with van der Waals surface area (Å²) in [6.45, 7) is 15.0. The number of aliphatic hydroxyl groups excluding tert-OH is 1. The van der Waals surface area contributed by atoms with Crippen molar-refractivity contribution < 1.29 is 19.5 Å². The lowest BCUT2D eigenvalue weighted by Crippen LogP contribution is -2.52. The summed E-state index contributed by atoms with van der Waals surface area (Å²) < 4.78 is 0. The molecule has 7 heteroatoms. The Hall–Kier alpha value is -2.80. The number of hydrogen-bond donors (Lipinski definition) is 2. The minimum Gasteiger partial charge on any atom is -0.393 e. The van der Waals surface area contributed by atoms with Crippen LogP contribution in [0.15, 0.2) is 35.0 Å². The fourth-order valence-electron chi connectivity index (χ4n) is 5.33. The molecule has 2 N–H and O–H groups in total. The van der Waals surface area contributed by atoms with E-state index in [0.717, 1.165) is 22.4 Å². The predicted octanol–water partition coefficient (Wildman–Crippen LogP) is 4.94. The number of rotatable bonds is 9. The van der Waals surface area contributed by atoms with E-state index in [-0.39, 0.29) is 36.5 Å². The van der Waals surface area contributed by atoms with Crippen LogP contribution in [0.1, 0.15) is 91.8 Å². The van der Waals surface area contributed by atoms with Crippen LogP contribution < -0.4 is 5.32 Å². The third kappa shape index (κ3) is 7.37. The Labute approximate surface area is 222 Å². The van der Waals surface area contributed by atoms with Gasteiger partial charge >= 0.3 is 0 Å². The monoisotopic (exact) mass is 511 g/mol. The maximum absolute atomic E-state index is 13.8. The molecule has 0 bridgehead atoms. The van der Waals surface area contributed by atoms with Crippen molar-refractivity contribution in [2.75, 3.05) is 7.05 Å². The van der Waals surface area contributed by atoms with Gasteiger partial charge < -0.3 is 15.3 Å². The molecule has 7 nitrogen and oxygen atoms in total. The summed E-state index contributed by atoms with van der Waals surface area (Å²) in [4.78, 5) is 45.3. The highest BCUT2D eigenvalue weighted by Gasteiger charge is 2.47. The van der Waals surface area contributed by atoms with Crippen LogP contribution >= 0.6 is 0 Å². The van der Waals surface area contributed by atoms with E-state index in [0.29, 0.717) is 6.42 Å². The Balaban J connectivity index is 2.31. The average Bonchev–Trinajstić information content (AvgIpc) is 3.23. The molecule has 1 aromatic carbocycles. The molecule has 5 atom stereocenters. The number of benzene rings is 1. The first kappa shape index (κ1) is 30.4. The topological polar surface area (TPSA) is 99.1 Å². The number of amides is 2. The number of hydrogen-bond acceptors (Lipinski definition) is 5. The maximum Gasteiger partial charge on any atom is 0.226 e. The van der Waals surface area contributed by atoms with Gasteiger partial charge in [-0.05, 0) is 62.1 Å². The van der Waals surface area contributed by atoms with Gasteiger partial charge in [0.05, 0.1) is 24.1 Å². The molecule has 1 aromatic rings. The summed E-state index contributed by atoms with van der Waals surface area (Å²) in [5, 5.41) is 13.3. The molecule has 0 aromatic heterocycles. The van der Waals surface area contributed by atoms with Crippen LogP contribution in [0.3, 0.4) is 0 Å². The van der Waals surface area contributed by atoms with Gasteiger partial charge in [0.15, 0.2) is 5.78 Å². The zero-order valence-corrected chi connectivity index (χ0v) is 24.0. The lowest BCUT2D eigenvalue weighted by atomic mass is 9.77. The number of Topliss-reactive ketones (excluding diaryl/α,β-unsaturated/α-hetero) is 1. The number of carbonyl (C=O) groups is 3. The van der Waals surface area contributed by atoms with Crippen molar-refractivity contribution in [2.24, 2.45) is 22.2 Å². The van der Waals surface area contributed by atoms with E-state index in [2.05, 4.69) is 10.3 Å². The fourth-order valence-corrected chi connectivity index (χ4v) is 5.33. The largest absolute Gasteiger partial charge is 0.393 e. The molecule has 0 heterocycles. The molecule has 1 aliphatic rings. The molecule has 2 rings (SSSR count). The van der Waals surface area contributed by atoms with E-state index in [9.17, 15) is 19.5 Å².